The molecule has 4 aromatic rings. The summed E-state index contributed by atoms with van der Waals surface area (Å²) in [4.78, 5) is 55.7. The Kier molecular flexibility index (Phi) is 5.44. The van der Waals surface area contributed by atoms with Crippen LogP contribution in [0.25, 0.3) is 11.0 Å². The number of hydrogen-bond acceptors (Lipinski definition) is 6. The lowest BCUT2D eigenvalue weighted by Gasteiger charge is -2.33. The first-order valence-corrected chi connectivity index (χ1v) is 12.4. The van der Waals surface area contributed by atoms with Crippen molar-refractivity contribution in [1.82, 2.24) is 4.90 Å². The van der Waals surface area contributed by atoms with Gasteiger partial charge >= 0.3 is 0 Å². The fourth-order valence-electron chi connectivity index (χ4n) is 5.47. The smallest absolute Gasteiger partial charge is 0.269 e. The fourth-order valence-corrected chi connectivity index (χ4v) is 5.64. The van der Waals surface area contributed by atoms with Crippen LogP contribution in [0.4, 0.5) is 17.3 Å². The minimum Gasteiger partial charge on any atom is -0.439 e. The van der Waals surface area contributed by atoms with Crippen LogP contribution in [0.15, 0.2) is 82.0 Å². The van der Waals surface area contributed by atoms with E-state index in [2.05, 4.69) is 0 Å². The molecule has 39 heavy (non-hydrogen) atoms. The number of benzene rings is 3. The second-order valence-corrected chi connectivity index (χ2v) is 9.96. The lowest BCUT2D eigenvalue weighted by Crippen LogP contribution is -2.52. The summed E-state index contributed by atoms with van der Waals surface area (Å²) in [6.45, 7) is 3.74. The van der Waals surface area contributed by atoms with Gasteiger partial charge in [-0.15, -0.1) is 0 Å². The van der Waals surface area contributed by atoms with Crippen LogP contribution in [0.3, 0.4) is 0 Å². The van der Waals surface area contributed by atoms with E-state index in [1.165, 1.54) is 40.1 Å². The average Bonchev–Trinajstić information content (AvgIpc) is 3.45. The number of nitro groups is 1. The molecule has 1 spiro atoms. The molecule has 6 rings (SSSR count). The molecule has 1 unspecified atom stereocenters. The standard InChI is InChI=1S/C29H20ClN3O6/c1-16-5-3-6-17(2)24(16)32-27-23(25(34)21-15-19(30)9-12-22(21)39-27)29(28(32)36)13-4-14-31(29)26(35)18-7-10-20(11-8-18)33(37)38/h3-13,15H,14H2,1-2H3. The molecular formula is C29H20ClN3O6. The number of aryl methyl sites for hydroxylation is 2. The highest BCUT2D eigenvalue weighted by Crippen LogP contribution is 2.51. The Hall–Kier alpha value is -4.76. The molecule has 2 aliphatic heterocycles. The number of carbonyl (C=O) groups is 2. The lowest BCUT2D eigenvalue weighted by atomic mass is 9.90. The predicted octanol–water partition coefficient (Wildman–Crippen LogP) is 5.56. The third kappa shape index (κ3) is 3.43. The van der Waals surface area contributed by atoms with Gasteiger partial charge in [0.2, 0.25) is 11.3 Å². The van der Waals surface area contributed by atoms with Crippen molar-refractivity contribution in [2.45, 2.75) is 19.4 Å². The highest BCUT2D eigenvalue weighted by atomic mass is 35.5. The first-order valence-electron chi connectivity index (χ1n) is 12.1. The molecule has 0 aliphatic carbocycles. The summed E-state index contributed by atoms with van der Waals surface area (Å²) in [6.07, 6.45) is 3.21. The van der Waals surface area contributed by atoms with E-state index in [1.54, 1.807) is 24.3 Å². The van der Waals surface area contributed by atoms with Crippen LogP contribution in [-0.4, -0.2) is 28.2 Å². The van der Waals surface area contributed by atoms with E-state index >= 15 is 0 Å². The first kappa shape index (κ1) is 24.6. The first-order chi connectivity index (χ1) is 18.6. The molecule has 2 amide bonds. The summed E-state index contributed by atoms with van der Waals surface area (Å²) in [5, 5.41) is 11.6. The van der Waals surface area contributed by atoms with Gasteiger partial charge in [0.15, 0.2) is 5.54 Å². The summed E-state index contributed by atoms with van der Waals surface area (Å²) >= 11 is 6.20. The van der Waals surface area contributed by atoms with Crippen molar-refractivity contribution in [3.05, 3.63) is 120 Å². The molecule has 9 nitrogen and oxygen atoms in total. The van der Waals surface area contributed by atoms with E-state index in [9.17, 15) is 24.5 Å². The van der Waals surface area contributed by atoms with Crippen molar-refractivity contribution in [1.29, 1.82) is 0 Å². The van der Waals surface area contributed by atoms with E-state index in [0.717, 1.165) is 11.1 Å². The molecule has 0 saturated carbocycles. The third-order valence-electron chi connectivity index (χ3n) is 7.25. The van der Waals surface area contributed by atoms with E-state index in [-0.39, 0.29) is 40.2 Å². The molecule has 1 atom stereocenters. The zero-order valence-electron chi connectivity index (χ0n) is 20.8. The van der Waals surface area contributed by atoms with E-state index < -0.39 is 27.7 Å². The molecule has 194 valence electrons. The van der Waals surface area contributed by atoms with Gasteiger partial charge in [-0.25, -0.2) is 4.90 Å². The highest BCUT2D eigenvalue weighted by molar-refractivity contribution is 6.31. The van der Waals surface area contributed by atoms with Crippen molar-refractivity contribution in [2.24, 2.45) is 0 Å². The van der Waals surface area contributed by atoms with Crippen molar-refractivity contribution < 1.29 is 18.9 Å². The maximum absolute atomic E-state index is 14.5. The molecule has 3 aromatic carbocycles. The summed E-state index contributed by atoms with van der Waals surface area (Å²) < 4.78 is 6.25. The lowest BCUT2D eigenvalue weighted by molar-refractivity contribution is -0.384. The van der Waals surface area contributed by atoms with Crippen LogP contribution in [-0.2, 0) is 10.3 Å². The Balaban J connectivity index is 1.62. The van der Waals surface area contributed by atoms with Crippen molar-refractivity contribution in [3.8, 4) is 0 Å². The summed E-state index contributed by atoms with van der Waals surface area (Å²) in [6, 6.07) is 15.3. The molecule has 3 heterocycles. The van der Waals surface area contributed by atoms with Crippen LogP contribution in [0, 0.1) is 24.0 Å². The molecule has 10 heteroatoms. The highest BCUT2D eigenvalue weighted by Gasteiger charge is 2.60. The number of amides is 2. The van der Waals surface area contributed by atoms with Gasteiger partial charge < -0.3 is 9.32 Å². The number of hydrogen-bond donors (Lipinski definition) is 0. The fraction of sp³-hybridized carbons (Fsp3) is 0.138. The van der Waals surface area contributed by atoms with Gasteiger partial charge in [0, 0.05) is 29.3 Å². The SMILES string of the molecule is Cc1cccc(C)c1N1C(=O)C2(C=CCN2C(=O)c2ccc([N+](=O)[O-])cc2)c2c1oc1ccc(Cl)cc1c2=O. The van der Waals surface area contributed by atoms with Crippen molar-refractivity contribution in [3.63, 3.8) is 0 Å². The average molecular weight is 542 g/mol. The molecule has 1 aromatic heterocycles. The van der Waals surface area contributed by atoms with Crippen LogP contribution < -0.4 is 10.3 Å². The molecule has 0 radical (unpaired) electrons. The van der Waals surface area contributed by atoms with E-state index in [1.807, 2.05) is 32.0 Å². The Morgan fingerprint density at radius 2 is 1.74 bits per heavy atom. The monoisotopic (exact) mass is 541 g/mol. The van der Waals surface area contributed by atoms with Crippen LogP contribution in [0.1, 0.15) is 27.0 Å². The molecular weight excluding hydrogens is 522 g/mol. The number of non-ortho nitro benzene ring substituents is 1. The minimum absolute atomic E-state index is 0.00827. The van der Waals surface area contributed by atoms with E-state index in [4.69, 9.17) is 16.0 Å². The number of carbonyl (C=O) groups excluding carboxylic acids is 2. The van der Waals surface area contributed by atoms with Crippen molar-refractivity contribution >= 4 is 51.6 Å². The molecule has 0 N–H and O–H groups in total. The second-order valence-electron chi connectivity index (χ2n) is 9.52. The number of halogens is 1. The summed E-state index contributed by atoms with van der Waals surface area (Å²) in [7, 11) is 0. The van der Waals surface area contributed by atoms with Crippen LogP contribution >= 0.6 is 11.6 Å². The Bertz CT molecular complexity index is 1810. The minimum atomic E-state index is -1.79. The van der Waals surface area contributed by atoms with Gasteiger partial charge in [0.1, 0.15) is 11.1 Å². The molecule has 2 aliphatic rings. The van der Waals surface area contributed by atoms with Gasteiger partial charge in [-0.2, -0.15) is 0 Å². The zero-order valence-corrected chi connectivity index (χ0v) is 21.6. The largest absolute Gasteiger partial charge is 0.439 e. The summed E-state index contributed by atoms with van der Waals surface area (Å²) in [5.41, 5.74) is 0.0586. The molecule has 0 bridgehead atoms. The normalized spacial score (nSPS) is 17.9. The van der Waals surface area contributed by atoms with Crippen LogP contribution in [0.5, 0.6) is 0 Å². The number of nitrogens with zero attached hydrogens (tertiary/aromatic N) is 3. The maximum atomic E-state index is 14.5. The number of rotatable bonds is 3. The Labute approximate surface area is 226 Å². The molecule has 0 saturated heterocycles. The zero-order chi connectivity index (χ0) is 27.6. The molecule has 0 fully saturated rings. The number of fused-ring (bicyclic) bond motifs is 3. The predicted molar refractivity (Wildman–Crippen MR) is 146 cm³/mol. The Morgan fingerprint density at radius 3 is 2.41 bits per heavy atom. The van der Waals surface area contributed by atoms with Gasteiger partial charge in [0.25, 0.3) is 17.5 Å². The van der Waals surface area contributed by atoms with Crippen molar-refractivity contribution in [2.75, 3.05) is 11.4 Å². The quantitative estimate of drug-likeness (QED) is 0.191. The van der Waals surface area contributed by atoms with Gasteiger partial charge in [0.05, 0.1) is 16.0 Å². The second kappa shape index (κ2) is 8.64. The third-order valence-corrected chi connectivity index (χ3v) is 7.49. The topological polar surface area (TPSA) is 114 Å². The van der Waals surface area contributed by atoms with Gasteiger partial charge in [-0.3, -0.25) is 24.5 Å². The van der Waals surface area contributed by atoms with Gasteiger partial charge in [-0.05, 0) is 61.4 Å². The number of anilines is 2. The number of nitro benzene ring substituents is 1. The summed E-state index contributed by atoms with van der Waals surface area (Å²) in [5.74, 6) is -1.07. The Morgan fingerprint density at radius 1 is 1.05 bits per heavy atom. The number of para-hydroxylation sites is 1. The van der Waals surface area contributed by atoms with Crippen LogP contribution in [0.2, 0.25) is 5.02 Å². The van der Waals surface area contributed by atoms with E-state index in [0.29, 0.717) is 10.7 Å². The van der Waals surface area contributed by atoms with Gasteiger partial charge in [-0.1, -0.05) is 35.9 Å². The maximum Gasteiger partial charge on any atom is 0.269 e.